The first-order valence-electron chi connectivity index (χ1n) is 6.26. The van der Waals surface area contributed by atoms with Crippen LogP contribution in [0, 0.1) is 0 Å². The van der Waals surface area contributed by atoms with Crippen LogP contribution in [0.25, 0.3) is 0 Å². The third-order valence-electron chi connectivity index (χ3n) is 3.18. The Morgan fingerprint density at radius 1 is 1.29 bits per heavy atom. The minimum absolute atomic E-state index is 0.0916. The fraction of sp³-hybridized carbons (Fsp3) is 0.286. The van der Waals surface area contributed by atoms with Gasteiger partial charge in [0, 0.05) is 19.8 Å². The van der Waals surface area contributed by atoms with Crippen LogP contribution in [0.5, 0.6) is 0 Å². The molecule has 1 atom stereocenters. The number of hydrogen-bond donors (Lipinski definition) is 2. The lowest BCUT2D eigenvalue weighted by atomic mass is 9.95. The highest BCUT2D eigenvalue weighted by Crippen LogP contribution is 2.31. The second kappa shape index (κ2) is 6.22. The average molecular weight is 344 g/mol. The third kappa shape index (κ3) is 3.31. The maximum Gasteiger partial charge on any atom is 0.253 e. The number of allylic oxidation sites excluding steroid dienone is 1. The highest BCUT2D eigenvalue weighted by molar-refractivity contribution is 7.80. The lowest BCUT2D eigenvalue weighted by molar-refractivity contribution is -0.125. The molecule has 1 heterocycles. The van der Waals surface area contributed by atoms with E-state index in [0.717, 1.165) is 11.3 Å². The van der Waals surface area contributed by atoms with Crippen LogP contribution in [0.1, 0.15) is 18.5 Å². The molecule has 7 heteroatoms. The van der Waals surface area contributed by atoms with E-state index in [2.05, 4.69) is 10.6 Å². The van der Waals surface area contributed by atoms with E-state index >= 15 is 0 Å². The van der Waals surface area contributed by atoms with E-state index in [-0.39, 0.29) is 11.9 Å². The number of halogens is 2. The number of rotatable bonds is 2. The quantitative estimate of drug-likeness (QED) is 0.810. The third-order valence-corrected chi connectivity index (χ3v) is 4.14. The van der Waals surface area contributed by atoms with Gasteiger partial charge in [0.2, 0.25) is 0 Å². The molecular weight excluding hydrogens is 329 g/mol. The van der Waals surface area contributed by atoms with Crippen LogP contribution in [0.4, 0.5) is 0 Å². The average Bonchev–Trinajstić information content (AvgIpc) is 2.40. The van der Waals surface area contributed by atoms with E-state index in [1.165, 1.54) is 4.90 Å². The summed E-state index contributed by atoms with van der Waals surface area (Å²) in [6, 6.07) is 4.92. The predicted octanol–water partition coefficient (Wildman–Crippen LogP) is 2.87. The number of likely N-dealkylation sites (N-methyl/N-ethyl adjacent to an activating group) is 1. The van der Waals surface area contributed by atoms with Gasteiger partial charge >= 0.3 is 0 Å². The van der Waals surface area contributed by atoms with E-state index in [1.54, 1.807) is 26.2 Å². The van der Waals surface area contributed by atoms with Crippen molar-refractivity contribution in [2.24, 2.45) is 0 Å². The molecular formula is C14H15Cl2N3OS. The summed E-state index contributed by atoms with van der Waals surface area (Å²) in [6.45, 7) is 1.83. The second-order valence-electron chi connectivity index (χ2n) is 4.94. The van der Waals surface area contributed by atoms with E-state index < -0.39 is 0 Å². The molecule has 0 radical (unpaired) electrons. The first kappa shape index (κ1) is 16.1. The standard InChI is InChI=1S/C14H15Cl2N3OS/c1-7-11(13(20)19(2)3)12(18-14(21)17-7)8-4-5-9(15)10(16)6-8/h4-6,12H,1-3H3,(H2,17,18,21). The first-order valence-corrected chi connectivity index (χ1v) is 7.42. The number of hydrogen-bond acceptors (Lipinski definition) is 2. The summed E-state index contributed by atoms with van der Waals surface area (Å²) in [6.07, 6.45) is 0. The minimum Gasteiger partial charge on any atom is -0.351 e. The summed E-state index contributed by atoms with van der Waals surface area (Å²) in [5.41, 5.74) is 2.17. The van der Waals surface area contributed by atoms with Crippen LogP contribution in [0.15, 0.2) is 29.5 Å². The summed E-state index contributed by atoms with van der Waals surface area (Å²) in [4.78, 5) is 14.0. The fourth-order valence-corrected chi connectivity index (χ4v) is 2.74. The zero-order valence-corrected chi connectivity index (χ0v) is 14.2. The van der Waals surface area contributed by atoms with E-state index in [0.29, 0.717) is 20.7 Å². The van der Waals surface area contributed by atoms with Crippen molar-refractivity contribution in [2.45, 2.75) is 13.0 Å². The van der Waals surface area contributed by atoms with Gasteiger partial charge in [-0.25, -0.2) is 0 Å². The summed E-state index contributed by atoms with van der Waals surface area (Å²) in [7, 11) is 3.42. The lowest BCUT2D eigenvalue weighted by Gasteiger charge is -2.31. The Morgan fingerprint density at radius 2 is 1.95 bits per heavy atom. The molecule has 0 bridgehead atoms. The molecule has 1 aromatic rings. The minimum atomic E-state index is -0.358. The van der Waals surface area contributed by atoms with Crippen molar-refractivity contribution in [2.75, 3.05) is 14.1 Å². The van der Waals surface area contributed by atoms with Crippen LogP contribution >= 0.6 is 35.4 Å². The Morgan fingerprint density at radius 3 is 2.52 bits per heavy atom. The molecule has 21 heavy (non-hydrogen) atoms. The second-order valence-corrected chi connectivity index (χ2v) is 6.17. The first-order chi connectivity index (χ1) is 9.81. The topological polar surface area (TPSA) is 44.4 Å². The lowest BCUT2D eigenvalue weighted by Crippen LogP contribution is -2.46. The van der Waals surface area contributed by atoms with E-state index in [9.17, 15) is 4.79 Å². The van der Waals surface area contributed by atoms with E-state index in [1.807, 2.05) is 13.0 Å². The Bertz CT molecular complexity index is 643. The SMILES string of the molecule is CC1=C(C(=O)N(C)C)C(c2ccc(Cl)c(Cl)c2)NC(=S)N1. The zero-order valence-electron chi connectivity index (χ0n) is 11.8. The number of amides is 1. The Kier molecular flexibility index (Phi) is 4.76. The Balaban J connectivity index is 2.52. The van der Waals surface area contributed by atoms with Gasteiger partial charge in [-0.1, -0.05) is 29.3 Å². The van der Waals surface area contributed by atoms with Crippen molar-refractivity contribution in [3.8, 4) is 0 Å². The van der Waals surface area contributed by atoms with Gasteiger partial charge in [-0.05, 0) is 36.8 Å². The molecule has 2 N–H and O–H groups in total. The number of carbonyl (C=O) groups is 1. The molecule has 1 aliphatic rings. The number of nitrogens with one attached hydrogen (secondary N) is 2. The monoisotopic (exact) mass is 343 g/mol. The normalized spacial score (nSPS) is 18.1. The molecule has 0 aromatic heterocycles. The van der Waals surface area contributed by atoms with Crippen molar-refractivity contribution in [1.82, 2.24) is 15.5 Å². The highest BCUT2D eigenvalue weighted by Gasteiger charge is 2.30. The smallest absolute Gasteiger partial charge is 0.253 e. The Hall–Kier alpha value is -1.30. The van der Waals surface area contributed by atoms with Gasteiger partial charge in [-0.3, -0.25) is 4.79 Å². The maximum absolute atomic E-state index is 12.4. The van der Waals surface area contributed by atoms with Crippen LogP contribution in [-0.4, -0.2) is 30.0 Å². The van der Waals surface area contributed by atoms with Gasteiger partial charge in [0.1, 0.15) is 0 Å². The summed E-state index contributed by atoms with van der Waals surface area (Å²) >= 11 is 17.2. The molecule has 112 valence electrons. The molecule has 0 saturated carbocycles. The molecule has 1 aromatic carbocycles. The number of thiocarbonyl (C=S) groups is 1. The van der Waals surface area contributed by atoms with Crippen LogP contribution in [-0.2, 0) is 4.79 Å². The van der Waals surface area contributed by atoms with Crippen LogP contribution in [0.2, 0.25) is 10.0 Å². The van der Waals surface area contributed by atoms with Gasteiger partial charge in [0.25, 0.3) is 5.91 Å². The van der Waals surface area contributed by atoms with Crippen LogP contribution in [0.3, 0.4) is 0 Å². The molecule has 4 nitrogen and oxygen atoms in total. The highest BCUT2D eigenvalue weighted by atomic mass is 35.5. The van der Waals surface area contributed by atoms with Crippen molar-refractivity contribution in [3.05, 3.63) is 45.1 Å². The van der Waals surface area contributed by atoms with Crippen molar-refractivity contribution in [3.63, 3.8) is 0 Å². The van der Waals surface area contributed by atoms with E-state index in [4.69, 9.17) is 35.4 Å². The molecule has 1 unspecified atom stereocenters. The van der Waals surface area contributed by atoms with Crippen LogP contribution < -0.4 is 10.6 Å². The molecule has 0 spiro atoms. The Labute approximate surface area is 139 Å². The summed E-state index contributed by atoms with van der Waals surface area (Å²) < 4.78 is 0. The van der Waals surface area contributed by atoms with Gasteiger partial charge in [-0.2, -0.15) is 0 Å². The van der Waals surface area contributed by atoms with Gasteiger partial charge in [0.05, 0.1) is 21.7 Å². The molecule has 1 amide bonds. The fourth-order valence-electron chi connectivity index (χ4n) is 2.16. The molecule has 1 aliphatic heterocycles. The van der Waals surface area contributed by atoms with Gasteiger partial charge in [0.15, 0.2) is 5.11 Å². The predicted molar refractivity (Wildman–Crippen MR) is 89.5 cm³/mol. The van der Waals surface area contributed by atoms with Gasteiger partial charge in [-0.15, -0.1) is 0 Å². The number of benzene rings is 1. The molecule has 0 fully saturated rings. The molecule has 0 aliphatic carbocycles. The molecule has 2 rings (SSSR count). The molecule has 0 saturated heterocycles. The van der Waals surface area contributed by atoms with Gasteiger partial charge < -0.3 is 15.5 Å². The number of nitrogens with zero attached hydrogens (tertiary/aromatic N) is 1. The maximum atomic E-state index is 12.4. The number of carbonyl (C=O) groups excluding carboxylic acids is 1. The zero-order chi connectivity index (χ0) is 15.7. The largest absolute Gasteiger partial charge is 0.351 e. The van der Waals surface area contributed by atoms with Crippen molar-refractivity contribution in [1.29, 1.82) is 0 Å². The summed E-state index contributed by atoms with van der Waals surface area (Å²) in [5.74, 6) is -0.0916. The summed E-state index contributed by atoms with van der Waals surface area (Å²) in [5, 5.41) is 7.47. The van der Waals surface area contributed by atoms with Crippen molar-refractivity contribution >= 4 is 46.4 Å². The van der Waals surface area contributed by atoms with Crippen molar-refractivity contribution < 1.29 is 4.79 Å².